The van der Waals surface area contributed by atoms with Crippen molar-refractivity contribution in [3.8, 4) is 0 Å². The van der Waals surface area contributed by atoms with Crippen molar-refractivity contribution in [3.63, 3.8) is 0 Å². The van der Waals surface area contributed by atoms with Gasteiger partial charge in [-0.05, 0) is 109 Å². The van der Waals surface area contributed by atoms with E-state index in [0.717, 1.165) is 135 Å². The highest BCUT2D eigenvalue weighted by Crippen LogP contribution is 2.17. The van der Waals surface area contributed by atoms with Crippen LogP contribution in [0.15, 0.2) is 122 Å². The first-order chi connectivity index (χ1) is 40.0. The molecular formula is C75H126O6. The molecule has 0 spiro atoms. The molecule has 0 rings (SSSR count). The Kier molecular flexibility index (Phi) is 64.8. The number of ether oxygens (including phenoxy) is 3. The Morgan fingerprint density at radius 1 is 0.259 bits per heavy atom. The van der Waals surface area contributed by atoms with E-state index in [0.29, 0.717) is 19.3 Å². The number of allylic oxidation sites excluding steroid dienone is 20. The predicted molar refractivity (Wildman–Crippen MR) is 353 cm³/mol. The lowest BCUT2D eigenvalue weighted by molar-refractivity contribution is -0.167. The van der Waals surface area contributed by atoms with Crippen LogP contribution in [0.2, 0.25) is 0 Å². The van der Waals surface area contributed by atoms with Gasteiger partial charge < -0.3 is 14.2 Å². The maximum Gasteiger partial charge on any atom is 0.306 e. The van der Waals surface area contributed by atoms with Crippen LogP contribution < -0.4 is 0 Å². The van der Waals surface area contributed by atoms with Gasteiger partial charge in [0.2, 0.25) is 0 Å². The molecule has 0 aromatic carbocycles. The number of carbonyl (C=O) groups excluding carboxylic acids is 3. The van der Waals surface area contributed by atoms with Gasteiger partial charge >= 0.3 is 17.9 Å². The molecule has 6 heteroatoms. The third-order valence-corrected chi connectivity index (χ3v) is 14.5. The van der Waals surface area contributed by atoms with Gasteiger partial charge in [-0.3, -0.25) is 14.4 Å². The van der Waals surface area contributed by atoms with Crippen LogP contribution in [0.25, 0.3) is 0 Å². The average molecular weight is 1120 g/mol. The summed E-state index contributed by atoms with van der Waals surface area (Å²) in [6, 6.07) is 0. The van der Waals surface area contributed by atoms with Gasteiger partial charge in [0.1, 0.15) is 13.2 Å². The fourth-order valence-corrected chi connectivity index (χ4v) is 9.44. The van der Waals surface area contributed by atoms with Crippen molar-refractivity contribution in [2.75, 3.05) is 13.2 Å². The van der Waals surface area contributed by atoms with Crippen molar-refractivity contribution < 1.29 is 28.6 Å². The first-order valence-electron chi connectivity index (χ1n) is 34.0. The van der Waals surface area contributed by atoms with E-state index in [1.54, 1.807) is 0 Å². The molecule has 0 heterocycles. The molecule has 6 nitrogen and oxygen atoms in total. The van der Waals surface area contributed by atoms with Gasteiger partial charge in [-0.15, -0.1) is 0 Å². The van der Waals surface area contributed by atoms with Gasteiger partial charge in [-0.25, -0.2) is 0 Å². The second kappa shape index (κ2) is 68.3. The zero-order valence-electron chi connectivity index (χ0n) is 53.0. The van der Waals surface area contributed by atoms with Crippen LogP contribution >= 0.6 is 0 Å². The highest BCUT2D eigenvalue weighted by molar-refractivity contribution is 5.71. The first kappa shape index (κ1) is 76.8. The highest BCUT2D eigenvalue weighted by Gasteiger charge is 2.19. The number of hydrogen-bond acceptors (Lipinski definition) is 6. The Labute approximate surface area is 501 Å². The monoisotopic (exact) mass is 1120 g/mol. The molecule has 0 aromatic heterocycles. The molecule has 1 atom stereocenters. The summed E-state index contributed by atoms with van der Waals surface area (Å²) in [6.07, 6.45) is 94.9. The van der Waals surface area contributed by atoms with Crippen LogP contribution in [-0.4, -0.2) is 37.2 Å². The molecule has 0 aromatic rings. The van der Waals surface area contributed by atoms with Crippen LogP contribution in [0.3, 0.4) is 0 Å². The summed E-state index contributed by atoms with van der Waals surface area (Å²) in [5.74, 6) is -0.895. The van der Waals surface area contributed by atoms with E-state index in [1.165, 1.54) is 141 Å². The second-order valence-corrected chi connectivity index (χ2v) is 22.3. The van der Waals surface area contributed by atoms with Crippen molar-refractivity contribution in [1.29, 1.82) is 0 Å². The standard InChI is InChI=1S/C75H126O6/c1-4-7-10-13-16-19-22-25-28-31-32-33-34-35-36-37-38-39-40-41-42-45-47-50-53-56-59-62-65-68-74(77)80-71-72(81-75(78)69-66-63-60-57-54-51-48-44-30-27-24-21-18-15-12-9-6-3)70-79-73(76)67-64-61-58-55-52-49-46-43-29-26-23-20-17-14-11-8-5-2/h7,9-10,12,16,18-19,21,25,27-28,30,32-33,35-36,38-39,41-42,72H,4-6,8,11,13-15,17,20,22-24,26,29,31,34,37,40,43-71H2,1-3H3/b10-7-,12-9-,19-16-,21-18-,28-25-,30-27-,33-32-,36-35-,39-38-,42-41-. The normalized spacial score (nSPS) is 12.9. The van der Waals surface area contributed by atoms with Crippen LogP contribution in [0.1, 0.15) is 316 Å². The maximum atomic E-state index is 12.9. The average Bonchev–Trinajstić information content (AvgIpc) is 3.47. The van der Waals surface area contributed by atoms with Crippen LogP contribution in [-0.2, 0) is 28.6 Å². The smallest absolute Gasteiger partial charge is 0.306 e. The van der Waals surface area contributed by atoms with Gasteiger partial charge in [0.25, 0.3) is 0 Å². The summed E-state index contributed by atoms with van der Waals surface area (Å²) < 4.78 is 17.0. The quantitative estimate of drug-likeness (QED) is 0.0261. The van der Waals surface area contributed by atoms with Crippen LogP contribution in [0, 0.1) is 0 Å². The summed E-state index contributed by atoms with van der Waals surface area (Å²) in [7, 11) is 0. The molecule has 0 saturated heterocycles. The minimum atomic E-state index is -0.791. The van der Waals surface area contributed by atoms with Gasteiger partial charge in [-0.1, -0.05) is 309 Å². The van der Waals surface area contributed by atoms with Crippen molar-refractivity contribution in [2.45, 2.75) is 322 Å². The third kappa shape index (κ3) is 66.5. The lowest BCUT2D eigenvalue weighted by Gasteiger charge is -2.18. The van der Waals surface area contributed by atoms with E-state index in [4.69, 9.17) is 14.2 Å². The van der Waals surface area contributed by atoms with E-state index in [9.17, 15) is 14.4 Å². The molecule has 1 unspecified atom stereocenters. The van der Waals surface area contributed by atoms with E-state index in [2.05, 4.69) is 142 Å². The number of rotatable bonds is 61. The zero-order valence-corrected chi connectivity index (χ0v) is 53.0. The first-order valence-corrected chi connectivity index (χ1v) is 34.0. The molecule has 0 fully saturated rings. The van der Waals surface area contributed by atoms with Gasteiger partial charge in [0.15, 0.2) is 6.10 Å². The minimum absolute atomic E-state index is 0.0847. The second-order valence-electron chi connectivity index (χ2n) is 22.3. The van der Waals surface area contributed by atoms with Crippen molar-refractivity contribution in [3.05, 3.63) is 122 Å². The van der Waals surface area contributed by atoms with Gasteiger partial charge in [-0.2, -0.15) is 0 Å². The topological polar surface area (TPSA) is 78.9 Å². The lowest BCUT2D eigenvalue weighted by atomic mass is 10.0. The molecule has 0 amide bonds. The van der Waals surface area contributed by atoms with E-state index in [-0.39, 0.29) is 31.1 Å². The van der Waals surface area contributed by atoms with E-state index < -0.39 is 6.10 Å². The molecule has 0 aliphatic carbocycles. The Morgan fingerprint density at radius 3 is 0.753 bits per heavy atom. The molecule has 0 aliphatic rings. The molecule has 0 saturated carbocycles. The molecule has 0 bridgehead atoms. The third-order valence-electron chi connectivity index (χ3n) is 14.5. The molecule has 0 radical (unpaired) electrons. The molecule has 0 aliphatic heterocycles. The van der Waals surface area contributed by atoms with Gasteiger partial charge in [0, 0.05) is 19.3 Å². The van der Waals surface area contributed by atoms with Crippen molar-refractivity contribution in [2.24, 2.45) is 0 Å². The molecular weight excluding hydrogens is 997 g/mol. The van der Waals surface area contributed by atoms with Gasteiger partial charge in [0.05, 0.1) is 0 Å². The fraction of sp³-hybridized carbons (Fsp3) is 0.693. The summed E-state index contributed by atoms with van der Waals surface area (Å²) in [6.45, 7) is 6.43. The van der Waals surface area contributed by atoms with E-state index in [1.807, 2.05) is 0 Å². The minimum Gasteiger partial charge on any atom is -0.462 e. The Bertz CT molecular complexity index is 1670. The number of unbranched alkanes of at least 4 members (excludes halogenated alkanes) is 30. The predicted octanol–water partition coefficient (Wildman–Crippen LogP) is 23.6. The Balaban J connectivity index is 4.37. The molecule has 462 valence electrons. The highest BCUT2D eigenvalue weighted by atomic mass is 16.6. The number of esters is 3. The summed E-state index contributed by atoms with van der Waals surface area (Å²) >= 11 is 0. The maximum absolute atomic E-state index is 12.9. The fourth-order valence-electron chi connectivity index (χ4n) is 9.44. The van der Waals surface area contributed by atoms with E-state index >= 15 is 0 Å². The number of carbonyl (C=O) groups is 3. The SMILES string of the molecule is CC/C=C\C/C=C\C/C=C\C/C=C\C/C=C\C/C=C\C/C=C\CCCCCCCCCC(=O)OCC(COC(=O)CCCCCCCCCCCCCCCCCCC)OC(=O)CCCCCCCCC/C=C\C/C=C\C/C=C\CC. The summed E-state index contributed by atoms with van der Waals surface area (Å²) in [5, 5.41) is 0. The van der Waals surface area contributed by atoms with Crippen LogP contribution in [0.4, 0.5) is 0 Å². The van der Waals surface area contributed by atoms with Crippen molar-refractivity contribution >= 4 is 17.9 Å². The zero-order chi connectivity index (χ0) is 58.5. The Hall–Kier alpha value is -4.19. The van der Waals surface area contributed by atoms with Crippen LogP contribution in [0.5, 0.6) is 0 Å². The summed E-state index contributed by atoms with van der Waals surface area (Å²) in [4.78, 5) is 38.4. The lowest BCUT2D eigenvalue weighted by Crippen LogP contribution is -2.30. The number of hydrogen-bond donors (Lipinski definition) is 0. The summed E-state index contributed by atoms with van der Waals surface area (Å²) in [5.41, 5.74) is 0. The Morgan fingerprint density at radius 2 is 0.481 bits per heavy atom. The molecule has 81 heavy (non-hydrogen) atoms. The van der Waals surface area contributed by atoms with Crippen molar-refractivity contribution in [1.82, 2.24) is 0 Å². The largest absolute Gasteiger partial charge is 0.462 e. The molecule has 0 N–H and O–H groups in total.